The fraction of sp³-hybridized carbons (Fsp3) is 0.425. The molecule has 0 saturated carbocycles. The van der Waals surface area contributed by atoms with E-state index in [4.69, 9.17) is 14.5 Å². The van der Waals surface area contributed by atoms with Gasteiger partial charge in [0.15, 0.2) is 0 Å². The lowest BCUT2D eigenvalue weighted by Crippen LogP contribution is -2.49. The van der Waals surface area contributed by atoms with Crippen molar-refractivity contribution in [2.45, 2.75) is 51.8 Å². The van der Waals surface area contributed by atoms with Gasteiger partial charge in [0.25, 0.3) is 0 Å². The van der Waals surface area contributed by atoms with Gasteiger partial charge in [-0.05, 0) is 62.6 Å². The van der Waals surface area contributed by atoms with E-state index in [1.165, 1.54) is 18.9 Å². The van der Waals surface area contributed by atoms with Gasteiger partial charge in [-0.15, -0.1) is 0 Å². The minimum Gasteiger partial charge on any atom is -0.468 e. The van der Waals surface area contributed by atoms with E-state index >= 15 is 0 Å². The SMILES string of the molecule is C=CN=C(/C=C\Cc1ccnc(Nc2cccc(CN3CCN(C(C(=O)OC)c4ccccc4)CC3)c2)n1)N(C)CCCN(C)C(=O)OC(C)(C)C. The third-order valence-corrected chi connectivity index (χ3v) is 8.52. The molecule has 1 aliphatic heterocycles. The van der Waals surface area contributed by atoms with E-state index < -0.39 is 11.6 Å². The number of hydrogen-bond donors (Lipinski definition) is 1. The van der Waals surface area contributed by atoms with Crippen molar-refractivity contribution < 1.29 is 19.1 Å². The highest BCUT2D eigenvalue weighted by Gasteiger charge is 2.31. The number of methoxy groups -OCH3 is 1. The van der Waals surface area contributed by atoms with Crippen LogP contribution in [0.25, 0.3) is 0 Å². The molecule has 1 amide bonds. The highest BCUT2D eigenvalue weighted by molar-refractivity contribution is 5.93. The first kappa shape index (κ1) is 39.7. The lowest BCUT2D eigenvalue weighted by atomic mass is 10.0. The van der Waals surface area contributed by atoms with E-state index in [0.717, 1.165) is 61.9 Å². The third-order valence-electron chi connectivity index (χ3n) is 8.52. The number of allylic oxidation sites excluding steroid dienone is 1. The molecule has 1 aromatic heterocycles. The average Bonchev–Trinajstić information content (AvgIpc) is 3.12. The smallest absolute Gasteiger partial charge is 0.410 e. The number of carbonyl (C=O) groups is 2. The summed E-state index contributed by atoms with van der Waals surface area (Å²) < 4.78 is 10.6. The summed E-state index contributed by atoms with van der Waals surface area (Å²) in [5.41, 5.74) is 3.39. The molecule has 1 N–H and O–H groups in total. The molecular weight excluding hydrogens is 656 g/mol. The van der Waals surface area contributed by atoms with Crippen LogP contribution in [0.5, 0.6) is 0 Å². The molecule has 0 aliphatic carbocycles. The fourth-order valence-corrected chi connectivity index (χ4v) is 5.87. The van der Waals surface area contributed by atoms with E-state index in [0.29, 0.717) is 25.5 Å². The van der Waals surface area contributed by atoms with Crippen molar-refractivity contribution >= 4 is 29.5 Å². The van der Waals surface area contributed by atoms with Crippen molar-refractivity contribution in [3.05, 3.63) is 109 Å². The number of carbonyl (C=O) groups excluding carboxylic acids is 2. The molecule has 1 saturated heterocycles. The van der Waals surface area contributed by atoms with Gasteiger partial charge in [0.05, 0.1) is 7.11 Å². The number of ether oxygens (including phenoxy) is 2. The summed E-state index contributed by atoms with van der Waals surface area (Å²) >= 11 is 0. The second-order valence-corrected chi connectivity index (χ2v) is 13.8. The van der Waals surface area contributed by atoms with Gasteiger partial charge < -0.3 is 24.6 Å². The van der Waals surface area contributed by atoms with Crippen LogP contribution in [0.2, 0.25) is 0 Å². The summed E-state index contributed by atoms with van der Waals surface area (Å²) in [6, 6.07) is 19.6. The van der Waals surface area contributed by atoms with Gasteiger partial charge in [0.2, 0.25) is 5.95 Å². The normalized spacial score (nSPS) is 14.8. The summed E-state index contributed by atoms with van der Waals surface area (Å²) in [6.07, 6.45) is 8.27. The monoisotopic (exact) mass is 710 g/mol. The number of amidine groups is 1. The van der Waals surface area contributed by atoms with Gasteiger partial charge in [0.1, 0.15) is 17.5 Å². The molecule has 3 aromatic rings. The number of anilines is 2. The Morgan fingerprint density at radius 1 is 1.02 bits per heavy atom. The first-order valence-corrected chi connectivity index (χ1v) is 17.7. The Kier molecular flexibility index (Phi) is 14.9. The molecule has 278 valence electrons. The number of benzene rings is 2. The van der Waals surface area contributed by atoms with E-state index in [2.05, 4.69) is 43.8 Å². The molecule has 52 heavy (non-hydrogen) atoms. The van der Waals surface area contributed by atoms with Crippen LogP contribution >= 0.6 is 0 Å². The number of aromatic nitrogens is 2. The van der Waals surface area contributed by atoms with E-state index in [1.54, 1.807) is 18.1 Å². The van der Waals surface area contributed by atoms with Crippen LogP contribution in [0, 0.1) is 0 Å². The maximum absolute atomic E-state index is 12.7. The first-order chi connectivity index (χ1) is 25.0. The van der Waals surface area contributed by atoms with Crippen molar-refractivity contribution in [2.24, 2.45) is 4.99 Å². The highest BCUT2D eigenvalue weighted by Crippen LogP contribution is 2.25. The number of nitrogens with zero attached hydrogens (tertiary/aromatic N) is 7. The Balaban J connectivity index is 1.27. The van der Waals surface area contributed by atoms with Crippen molar-refractivity contribution in [2.75, 3.05) is 65.8 Å². The number of piperazine rings is 1. The number of esters is 1. The number of amides is 1. The lowest BCUT2D eigenvalue weighted by molar-refractivity contribution is -0.148. The number of nitrogens with one attached hydrogen (secondary N) is 1. The zero-order valence-corrected chi connectivity index (χ0v) is 31.5. The average molecular weight is 711 g/mol. The van der Waals surface area contributed by atoms with Crippen LogP contribution in [-0.2, 0) is 27.2 Å². The summed E-state index contributed by atoms with van der Waals surface area (Å²) in [5, 5.41) is 3.36. The number of aliphatic imine (C=N–C) groups is 1. The van der Waals surface area contributed by atoms with Crippen LogP contribution in [-0.4, -0.2) is 114 Å². The predicted molar refractivity (Wildman–Crippen MR) is 206 cm³/mol. The van der Waals surface area contributed by atoms with Crippen LogP contribution in [0.3, 0.4) is 0 Å². The van der Waals surface area contributed by atoms with Crippen LogP contribution in [0.4, 0.5) is 16.4 Å². The lowest BCUT2D eigenvalue weighted by Gasteiger charge is -2.38. The van der Waals surface area contributed by atoms with Crippen molar-refractivity contribution in [3.63, 3.8) is 0 Å². The fourth-order valence-electron chi connectivity index (χ4n) is 5.87. The zero-order chi connectivity index (χ0) is 37.5. The molecule has 4 rings (SSSR count). The summed E-state index contributed by atoms with van der Waals surface area (Å²) in [7, 11) is 5.16. The van der Waals surface area contributed by atoms with Crippen LogP contribution in [0.1, 0.15) is 50.1 Å². The van der Waals surface area contributed by atoms with Crippen LogP contribution in [0.15, 0.2) is 96.8 Å². The minimum atomic E-state index is -0.524. The molecule has 1 fully saturated rings. The molecule has 12 nitrogen and oxygen atoms in total. The third kappa shape index (κ3) is 12.6. The molecule has 0 spiro atoms. The van der Waals surface area contributed by atoms with Gasteiger partial charge in [-0.2, -0.15) is 0 Å². The van der Waals surface area contributed by atoms with Crippen LogP contribution < -0.4 is 5.32 Å². The maximum Gasteiger partial charge on any atom is 0.410 e. The van der Waals surface area contributed by atoms with Gasteiger partial charge in [-0.1, -0.05) is 55.1 Å². The second-order valence-electron chi connectivity index (χ2n) is 13.8. The van der Waals surface area contributed by atoms with Gasteiger partial charge in [0, 0.05) is 90.1 Å². The summed E-state index contributed by atoms with van der Waals surface area (Å²) in [4.78, 5) is 46.8. The standard InChI is InChI=1S/C40H54N8O4/c1-8-41-35(45(5)23-14-24-46(6)39(50)52-40(2,3)4)20-13-18-33-21-22-42-38(43-33)44-34-19-12-15-31(29-34)30-47-25-27-48(28-26-47)36(37(49)51-7)32-16-10-9-11-17-32/h8-13,15-17,19-22,29,36H,1,14,18,23-28,30H2,2-7H3,(H,42,43,44)/b20-13-,41-35?. The number of likely N-dealkylation sites (N-methyl/N-ethyl adjacent to an activating group) is 1. The predicted octanol–water partition coefficient (Wildman–Crippen LogP) is 6.08. The quantitative estimate of drug-likeness (QED) is 0.113. The molecule has 2 heterocycles. The van der Waals surface area contributed by atoms with E-state index in [-0.39, 0.29) is 12.1 Å². The summed E-state index contributed by atoms with van der Waals surface area (Å²) in [6.45, 7) is 14.6. The van der Waals surface area contributed by atoms with E-state index in [1.807, 2.05) is 93.4 Å². The Morgan fingerprint density at radius 3 is 2.44 bits per heavy atom. The van der Waals surface area contributed by atoms with Crippen molar-refractivity contribution in [1.29, 1.82) is 0 Å². The maximum atomic E-state index is 12.7. The highest BCUT2D eigenvalue weighted by atomic mass is 16.6. The first-order valence-electron chi connectivity index (χ1n) is 17.7. The zero-order valence-electron chi connectivity index (χ0n) is 31.5. The molecule has 1 unspecified atom stereocenters. The second kappa shape index (κ2) is 19.5. The minimum absolute atomic E-state index is 0.229. The molecule has 0 radical (unpaired) electrons. The van der Waals surface area contributed by atoms with Gasteiger partial charge >= 0.3 is 12.1 Å². The Hall–Kier alpha value is -5.07. The van der Waals surface area contributed by atoms with Gasteiger partial charge in [-0.3, -0.25) is 9.80 Å². The molecule has 2 aromatic carbocycles. The Morgan fingerprint density at radius 2 is 1.75 bits per heavy atom. The molecule has 1 atom stereocenters. The van der Waals surface area contributed by atoms with Crippen molar-refractivity contribution in [1.82, 2.24) is 29.6 Å². The Labute approximate surface area is 308 Å². The molecule has 0 bridgehead atoms. The molecule has 1 aliphatic rings. The largest absolute Gasteiger partial charge is 0.468 e. The molecular formula is C40H54N8O4. The number of rotatable bonds is 15. The topological polar surface area (TPSA) is 116 Å². The number of hydrogen-bond acceptors (Lipinski definition) is 10. The molecule has 12 heteroatoms. The van der Waals surface area contributed by atoms with Crippen molar-refractivity contribution in [3.8, 4) is 0 Å². The van der Waals surface area contributed by atoms with E-state index in [9.17, 15) is 9.59 Å². The Bertz CT molecular complexity index is 1670. The van der Waals surface area contributed by atoms with Gasteiger partial charge in [-0.25, -0.2) is 24.5 Å². The summed E-state index contributed by atoms with van der Waals surface area (Å²) in [5.74, 6) is 1.06.